The number of carbonyl (C=O) groups is 1. The van der Waals surface area contributed by atoms with Crippen LogP contribution >= 0.6 is 0 Å². The molecular weight excluding hydrogens is 378 g/mol. The Hall–Kier alpha value is -3.39. The third-order valence-electron chi connectivity index (χ3n) is 6.65. The minimum atomic E-state index is 0.0765. The van der Waals surface area contributed by atoms with Gasteiger partial charge in [0.2, 0.25) is 5.91 Å². The summed E-state index contributed by atoms with van der Waals surface area (Å²) in [5.41, 5.74) is 7.28. The van der Waals surface area contributed by atoms with Gasteiger partial charge >= 0.3 is 0 Å². The number of rotatable bonds is 4. The van der Waals surface area contributed by atoms with E-state index >= 15 is 0 Å². The van der Waals surface area contributed by atoms with Crippen molar-refractivity contribution in [1.29, 1.82) is 0 Å². The van der Waals surface area contributed by atoms with Crippen molar-refractivity contribution in [3.05, 3.63) is 113 Å². The highest BCUT2D eigenvalue weighted by atomic mass is 16.2. The Kier molecular flexibility index (Phi) is 5.07. The van der Waals surface area contributed by atoms with Crippen molar-refractivity contribution in [2.75, 3.05) is 4.90 Å². The van der Waals surface area contributed by atoms with E-state index in [9.17, 15) is 4.79 Å². The average molecular weight is 406 g/mol. The Balaban J connectivity index is 1.67. The van der Waals surface area contributed by atoms with E-state index in [0.717, 1.165) is 12.1 Å². The van der Waals surface area contributed by atoms with Crippen LogP contribution in [0.3, 0.4) is 0 Å². The smallest absolute Gasteiger partial charge is 0.228 e. The highest BCUT2D eigenvalue weighted by Crippen LogP contribution is 2.44. The van der Waals surface area contributed by atoms with Crippen LogP contribution in [0.25, 0.3) is 10.8 Å². The summed E-state index contributed by atoms with van der Waals surface area (Å²) in [6, 6.07) is 30.0. The topological polar surface area (TPSA) is 20.3 Å². The molecule has 154 valence electrons. The van der Waals surface area contributed by atoms with Gasteiger partial charge in [-0.05, 0) is 58.0 Å². The zero-order valence-corrected chi connectivity index (χ0v) is 18.1. The zero-order valence-electron chi connectivity index (χ0n) is 18.1. The minimum Gasteiger partial charge on any atom is -0.308 e. The molecule has 0 radical (unpaired) electrons. The fourth-order valence-corrected chi connectivity index (χ4v) is 4.81. The normalized spacial score (nSPS) is 15.9. The molecule has 2 heteroatoms. The quantitative estimate of drug-likeness (QED) is 0.366. The molecule has 0 N–H and O–H groups in total. The summed E-state index contributed by atoms with van der Waals surface area (Å²) in [6.07, 6.45) is 1.52. The van der Waals surface area contributed by atoms with Gasteiger partial charge in [0.1, 0.15) is 0 Å². The maximum absolute atomic E-state index is 13.4. The molecule has 31 heavy (non-hydrogen) atoms. The van der Waals surface area contributed by atoms with Crippen molar-refractivity contribution in [2.45, 2.75) is 39.2 Å². The number of hydrogen-bond acceptors (Lipinski definition) is 1. The fourth-order valence-electron chi connectivity index (χ4n) is 4.81. The fraction of sp³-hybridized carbons (Fsp3) is 0.207. The van der Waals surface area contributed by atoms with Crippen molar-refractivity contribution in [1.82, 2.24) is 0 Å². The molecule has 1 aliphatic rings. The first-order valence-corrected chi connectivity index (χ1v) is 11.1. The van der Waals surface area contributed by atoms with Crippen molar-refractivity contribution in [2.24, 2.45) is 0 Å². The minimum absolute atomic E-state index is 0.0765. The summed E-state index contributed by atoms with van der Waals surface area (Å²) in [7, 11) is 0. The molecule has 0 saturated carbocycles. The molecule has 1 atom stereocenters. The Bertz CT molecular complexity index is 1260. The standard InChI is InChI=1S/C29H27NO/c1-3-21-12-14-23(15-13-21)26-18-28(31)30(19-24-10-5-4-8-20(24)2)27-17-16-22-9-6-7-11-25(22)29(26)27/h4-17,26H,3,18-19H2,1-2H3. The number of amides is 1. The van der Waals surface area contributed by atoms with E-state index in [0.29, 0.717) is 13.0 Å². The summed E-state index contributed by atoms with van der Waals surface area (Å²) < 4.78 is 0. The molecule has 0 fully saturated rings. The van der Waals surface area contributed by atoms with E-state index in [1.54, 1.807) is 0 Å². The molecule has 1 amide bonds. The van der Waals surface area contributed by atoms with Gasteiger partial charge in [-0.3, -0.25) is 4.79 Å². The lowest BCUT2D eigenvalue weighted by molar-refractivity contribution is -0.119. The predicted molar refractivity (Wildman–Crippen MR) is 129 cm³/mol. The summed E-state index contributed by atoms with van der Waals surface area (Å²) in [4.78, 5) is 15.4. The van der Waals surface area contributed by atoms with E-state index < -0.39 is 0 Å². The maximum atomic E-state index is 13.4. The largest absolute Gasteiger partial charge is 0.308 e. The van der Waals surface area contributed by atoms with Crippen LogP contribution in [0.2, 0.25) is 0 Å². The highest BCUT2D eigenvalue weighted by Gasteiger charge is 2.33. The van der Waals surface area contributed by atoms with Crippen LogP contribution < -0.4 is 4.90 Å². The van der Waals surface area contributed by atoms with Crippen molar-refractivity contribution in [3.8, 4) is 0 Å². The maximum Gasteiger partial charge on any atom is 0.228 e. The number of aryl methyl sites for hydroxylation is 2. The summed E-state index contributed by atoms with van der Waals surface area (Å²) in [6.45, 7) is 4.90. The monoisotopic (exact) mass is 405 g/mol. The number of anilines is 1. The molecule has 1 aliphatic heterocycles. The van der Waals surface area contributed by atoms with Gasteiger partial charge in [0.05, 0.1) is 6.54 Å². The number of fused-ring (bicyclic) bond motifs is 3. The van der Waals surface area contributed by atoms with Crippen LogP contribution in [0.15, 0.2) is 84.9 Å². The van der Waals surface area contributed by atoms with E-state index in [2.05, 4.69) is 92.7 Å². The first kappa shape index (κ1) is 19.6. The molecule has 0 saturated heterocycles. The molecule has 2 nitrogen and oxygen atoms in total. The third kappa shape index (κ3) is 3.53. The molecule has 4 aromatic carbocycles. The molecule has 4 aromatic rings. The van der Waals surface area contributed by atoms with E-state index in [4.69, 9.17) is 0 Å². The van der Waals surface area contributed by atoms with E-state index in [1.807, 2.05) is 11.0 Å². The van der Waals surface area contributed by atoms with Gasteiger partial charge in [-0.1, -0.05) is 85.8 Å². The van der Waals surface area contributed by atoms with Crippen LogP contribution in [0.4, 0.5) is 5.69 Å². The van der Waals surface area contributed by atoms with Crippen LogP contribution in [-0.4, -0.2) is 5.91 Å². The molecule has 1 heterocycles. The molecule has 5 rings (SSSR count). The Morgan fingerprint density at radius 3 is 2.39 bits per heavy atom. The lowest BCUT2D eigenvalue weighted by atomic mass is 9.81. The van der Waals surface area contributed by atoms with E-state index in [-0.39, 0.29) is 11.8 Å². The number of hydrogen-bond donors (Lipinski definition) is 0. The SMILES string of the molecule is CCc1ccc(C2CC(=O)N(Cc3ccccc3C)c3ccc4ccccc4c32)cc1. The second-order valence-electron chi connectivity index (χ2n) is 8.48. The summed E-state index contributed by atoms with van der Waals surface area (Å²) in [5, 5.41) is 2.47. The van der Waals surface area contributed by atoms with Gasteiger partial charge in [0.25, 0.3) is 0 Å². The first-order chi connectivity index (χ1) is 15.2. The Labute approximate surface area is 184 Å². The number of carbonyl (C=O) groups excluding carboxylic acids is 1. The summed E-state index contributed by atoms with van der Waals surface area (Å²) in [5.74, 6) is 0.267. The van der Waals surface area contributed by atoms with Gasteiger partial charge in [-0.25, -0.2) is 0 Å². The Morgan fingerprint density at radius 2 is 1.61 bits per heavy atom. The van der Waals surface area contributed by atoms with Gasteiger partial charge in [0.15, 0.2) is 0 Å². The van der Waals surface area contributed by atoms with Crippen LogP contribution in [0, 0.1) is 6.92 Å². The molecule has 1 unspecified atom stereocenters. The number of nitrogens with zero attached hydrogens (tertiary/aromatic N) is 1. The molecule has 0 aliphatic carbocycles. The van der Waals surface area contributed by atoms with Crippen LogP contribution in [0.1, 0.15) is 47.1 Å². The average Bonchev–Trinajstić information content (AvgIpc) is 2.81. The van der Waals surface area contributed by atoms with Gasteiger partial charge in [-0.2, -0.15) is 0 Å². The van der Waals surface area contributed by atoms with Crippen molar-refractivity contribution >= 4 is 22.4 Å². The molecule has 0 aromatic heterocycles. The lowest BCUT2D eigenvalue weighted by Gasteiger charge is -2.35. The summed E-state index contributed by atoms with van der Waals surface area (Å²) >= 11 is 0. The van der Waals surface area contributed by atoms with Crippen molar-refractivity contribution < 1.29 is 4.79 Å². The third-order valence-corrected chi connectivity index (χ3v) is 6.65. The lowest BCUT2D eigenvalue weighted by Crippen LogP contribution is -2.36. The van der Waals surface area contributed by atoms with Crippen LogP contribution in [0.5, 0.6) is 0 Å². The first-order valence-electron chi connectivity index (χ1n) is 11.1. The molecule has 0 bridgehead atoms. The molecular formula is C29H27NO. The van der Waals surface area contributed by atoms with Gasteiger partial charge in [-0.15, -0.1) is 0 Å². The van der Waals surface area contributed by atoms with E-state index in [1.165, 1.54) is 38.6 Å². The van der Waals surface area contributed by atoms with Crippen LogP contribution in [-0.2, 0) is 17.8 Å². The predicted octanol–water partition coefficient (Wildman–Crippen LogP) is 6.78. The second-order valence-corrected chi connectivity index (χ2v) is 8.48. The highest BCUT2D eigenvalue weighted by molar-refractivity contribution is 6.03. The second kappa shape index (κ2) is 8.03. The molecule has 0 spiro atoms. The zero-order chi connectivity index (χ0) is 21.4. The van der Waals surface area contributed by atoms with Crippen molar-refractivity contribution in [3.63, 3.8) is 0 Å². The Morgan fingerprint density at radius 1 is 0.871 bits per heavy atom. The number of benzene rings is 4. The van der Waals surface area contributed by atoms with Gasteiger partial charge < -0.3 is 4.90 Å². The van der Waals surface area contributed by atoms with Gasteiger partial charge in [0, 0.05) is 18.0 Å².